The average molecular weight is 453 g/mol. The first-order valence-electron chi connectivity index (χ1n) is 10.2. The van der Waals surface area contributed by atoms with Gasteiger partial charge in [0.05, 0.1) is 11.6 Å². The largest absolute Gasteiger partial charge is 0.484 e. The van der Waals surface area contributed by atoms with Crippen molar-refractivity contribution in [1.29, 1.82) is 0 Å². The van der Waals surface area contributed by atoms with Crippen LogP contribution < -0.4 is 10.1 Å². The number of ether oxygens (including phenoxy) is 2. The van der Waals surface area contributed by atoms with Gasteiger partial charge in [-0.2, -0.15) is 13.2 Å². The highest BCUT2D eigenvalue weighted by Gasteiger charge is 2.30. The minimum Gasteiger partial charge on any atom is -0.484 e. The minimum absolute atomic E-state index is 0.204. The van der Waals surface area contributed by atoms with Gasteiger partial charge in [-0.3, -0.25) is 4.79 Å². The van der Waals surface area contributed by atoms with Gasteiger partial charge in [0.15, 0.2) is 12.7 Å². The van der Waals surface area contributed by atoms with Gasteiger partial charge < -0.3 is 19.9 Å². The predicted molar refractivity (Wildman–Crippen MR) is 111 cm³/mol. The molecule has 2 rings (SSSR count). The van der Waals surface area contributed by atoms with Crippen LogP contribution in [-0.2, 0) is 26.9 Å². The lowest BCUT2D eigenvalue weighted by molar-refractivity contribution is -0.150. The van der Waals surface area contributed by atoms with Crippen LogP contribution in [0.3, 0.4) is 0 Å². The van der Waals surface area contributed by atoms with E-state index in [0.29, 0.717) is 24.3 Å². The van der Waals surface area contributed by atoms with Gasteiger partial charge in [0.2, 0.25) is 0 Å². The van der Waals surface area contributed by atoms with Gasteiger partial charge in [-0.25, -0.2) is 4.79 Å². The third kappa shape index (κ3) is 7.56. The van der Waals surface area contributed by atoms with Crippen molar-refractivity contribution in [3.63, 3.8) is 0 Å². The smallest absolute Gasteiger partial charge is 0.416 e. The highest BCUT2D eigenvalue weighted by Crippen LogP contribution is 2.30. The summed E-state index contributed by atoms with van der Waals surface area (Å²) in [5.41, 5.74) is 0.571. The maximum absolute atomic E-state index is 12.7. The Labute approximate surface area is 184 Å². The summed E-state index contributed by atoms with van der Waals surface area (Å²) < 4.78 is 48.8. The van der Waals surface area contributed by atoms with Gasteiger partial charge in [-0.15, -0.1) is 0 Å². The summed E-state index contributed by atoms with van der Waals surface area (Å²) in [5, 5.41) is 11.9. The van der Waals surface area contributed by atoms with Gasteiger partial charge in [-0.1, -0.05) is 31.2 Å². The van der Waals surface area contributed by atoms with E-state index in [1.807, 2.05) is 6.92 Å². The Hall–Kier alpha value is -3.07. The molecule has 0 aliphatic carbocycles. The van der Waals surface area contributed by atoms with E-state index in [2.05, 4.69) is 5.32 Å². The molecular weight excluding hydrogens is 427 g/mol. The summed E-state index contributed by atoms with van der Waals surface area (Å²) in [5.74, 6) is -1.03. The zero-order valence-corrected chi connectivity index (χ0v) is 17.8. The van der Waals surface area contributed by atoms with Crippen LogP contribution in [-0.4, -0.2) is 36.3 Å². The normalized spacial score (nSPS) is 13.3. The summed E-state index contributed by atoms with van der Waals surface area (Å²) in [6.45, 7) is 3.55. The number of halogens is 3. The number of carbonyl (C=O) groups excluding carboxylic acids is 1. The first-order chi connectivity index (χ1) is 15.1. The standard InChI is InChI=1S/C23H26F3NO5/c1-3-19(16-7-9-17(10-8-16)23(24,25)26)27-21(28)14-32-18-11-5-15(6-12-18)13-20(22(29)30)31-4-2/h5-12,19-20H,3-4,13-14H2,1-2H3,(H,27,28)(H,29,30)/t19?,20-/m0/s1. The molecule has 1 unspecified atom stereocenters. The SMILES string of the molecule is CCO[C@@H](Cc1ccc(OCC(=O)NC(CC)c2ccc(C(F)(F)F)cc2)cc1)C(=O)O. The van der Waals surface area contributed by atoms with Gasteiger partial charge >= 0.3 is 12.1 Å². The maximum Gasteiger partial charge on any atom is 0.416 e. The summed E-state index contributed by atoms with van der Waals surface area (Å²) in [6.07, 6.45) is -4.65. The molecule has 32 heavy (non-hydrogen) atoms. The number of amides is 1. The van der Waals surface area contributed by atoms with Crippen molar-refractivity contribution in [2.24, 2.45) is 0 Å². The van der Waals surface area contributed by atoms with Gasteiger partial charge in [-0.05, 0) is 48.7 Å². The molecule has 0 spiro atoms. The van der Waals surface area contributed by atoms with E-state index in [4.69, 9.17) is 14.6 Å². The fourth-order valence-corrected chi connectivity index (χ4v) is 3.06. The quantitative estimate of drug-likeness (QED) is 0.527. The van der Waals surface area contributed by atoms with Gasteiger partial charge in [0.1, 0.15) is 5.75 Å². The van der Waals surface area contributed by atoms with Crippen LogP contribution in [0.2, 0.25) is 0 Å². The van der Waals surface area contributed by atoms with E-state index in [1.165, 1.54) is 12.1 Å². The Morgan fingerprint density at radius 3 is 2.16 bits per heavy atom. The summed E-state index contributed by atoms with van der Waals surface area (Å²) >= 11 is 0. The number of alkyl halides is 3. The Morgan fingerprint density at radius 2 is 1.66 bits per heavy atom. The minimum atomic E-state index is -4.41. The average Bonchev–Trinajstić information content (AvgIpc) is 2.76. The van der Waals surface area contributed by atoms with Crippen LogP contribution in [0, 0.1) is 0 Å². The number of hydrogen-bond acceptors (Lipinski definition) is 4. The van der Waals surface area contributed by atoms with Crippen LogP contribution in [0.4, 0.5) is 13.2 Å². The molecule has 9 heteroatoms. The zero-order valence-electron chi connectivity index (χ0n) is 17.8. The third-order valence-corrected chi connectivity index (χ3v) is 4.74. The van der Waals surface area contributed by atoms with E-state index in [-0.39, 0.29) is 13.0 Å². The number of carbonyl (C=O) groups is 2. The van der Waals surface area contributed by atoms with Crippen molar-refractivity contribution in [3.8, 4) is 5.75 Å². The first kappa shape index (κ1) is 25.2. The molecule has 0 saturated heterocycles. The topological polar surface area (TPSA) is 84.9 Å². The van der Waals surface area contributed by atoms with Crippen molar-refractivity contribution in [1.82, 2.24) is 5.32 Å². The van der Waals surface area contributed by atoms with Crippen LogP contribution in [0.15, 0.2) is 48.5 Å². The monoisotopic (exact) mass is 453 g/mol. The molecule has 6 nitrogen and oxygen atoms in total. The highest BCUT2D eigenvalue weighted by molar-refractivity contribution is 5.78. The number of carboxylic acid groups (broad SMARTS) is 1. The van der Waals surface area contributed by atoms with Crippen LogP contribution in [0.25, 0.3) is 0 Å². The molecule has 174 valence electrons. The zero-order chi connectivity index (χ0) is 23.7. The third-order valence-electron chi connectivity index (χ3n) is 4.74. The molecule has 2 aromatic rings. The fourth-order valence-electron chi connectivity index (χ4n) is 3.06. The Morgan fingerprint density at radius 1 is 1.03 bits per heavy atom. The molecular formula is C23H26F3NO5. The van der Waals surface area contributed by atoms with Crippen LogP contribution in [0.5, 0.6) is 5.75 Å². The molecule has 1 amide bonds. The number of hydrogen-bond donors (Lipinski definition) is 2. The van der Waals surface area contributed by atoms with E-state index in [9.17, 15) is 22.8 Å². The molecule has 0 heterocycles. The highest BCUT2D eigenvalue weighted by atomic mass is 19.4. The lowest BCUT2D eigenvalue weighted by Gasteiger charge is -2.18. The second kappa shape index (κ2) is 11.5. The van der Waals surface area contributed by atoms with Crippen LogP contribution >= 0.6 is 0 Å². The number of rotatable bonds is 11. The summed E-state index contributed by atoms with van der Waals surface area (Å²) in [4.78, 5) is 23.4. The number of benzene rings is 2. The van der Waals surface area contributed by atoms with E-state index >= 15 is 0 Å². The van der Waals surface area contributed by atoms with Gasteiger partial charge in [0.25, 0.3) is 5.91 Å². The van der Waals surface area contributed by atoms with E-state index in [0.717, 1.165) is 17.7 Å². The van der Waals surface area contributed by atoms with Gasteiger partial charge in [0, 0.05) is 13.0 Å². The van der Waals surface area contributed by atoms with Crippen LogP contribution in [0.1, 0.15) is 43.0 Å². The van der Waals surface area contributed by atoms with Crippen molar-refractivity contribution in [2.75, 3.05) is 13.2 Å². The summed E-state index contributed by atoms with van der Waals surface area (Å²) in [6, 6.07) is 10.9. The Balaban J connectivity index is 1.89. The molecule has 0 aromatic heterocycles. The molecule has 0 radical (unpaired) electrons. The maximum atomic E-state index is 12.7. The van der Waals surface area contributed by atoms with Crippen molar-refractivity contribution < 1.29 is 37.3 Å². The first-order valence-corrected chi connectivity index (χ1v) is 10.2. The fraction of sp³-hybridized carbons (Fsp3) is 0.391. The van der Waals surface area contributed by atoms with Crippen molar-refractivity contribution >= 4 is 11.9 Å². The molecule has 2 aromatic carbocycles. The molecule has 0 fully saturated rings. The number of aliphatic carboxylic acids is 1. The van der Waals surface area contributed by atoms with Crippen molar-refractivity contribution in [2.45, 2.75) is 45.0 Å². The second-order valence-corrected chi connectivity index (χ2v) is 7.07. The number of nitrogens with one attached hydrogen (secondary N) is 1. The molecule has 0 saturated carbocycles. The molecule has 0 aliphatic heterocycles. The molecule has 0 bridgehead atoms. The molecule has 2 N–H and O–H groups in total. The summed E-state index contributed by atoms with van der Waals surface area (Å²) in [7, 11) is 0. The molecule has 0 aliphatic rings. The molecule has 2 atom stereocenters. The number of carboxylic acids is 1. The van der Waals surface area contributed by atoms with E-state index in [1.54, 1.807) is 31.2 Å². The lowest BCUT2D eigenvalue weighted by Crippen LogP contribution is -2.32. The lowest BCUT2D eigenvalue weighted by atomic mass is 10.0. The van der Waals surface area contributed by atoms with Crippen molar-refractivity contribution in [3.05, 3.63) is 65.2 Å². The van der Waals surface area contributed by atoms with E-state index < -0.39 is 35.8 Å². The second-order valence-electron chi connectivity index (χ2n) is 7.07. The Bertz CT molecular complexity index is 882. The predicted octanol–water partition coefficient (Wildman–Crippen LogP) is 4.38. The Kier molecular flexibility index (Phi) is 9.07.